The Kier molecular flexibility index (Phi) is 7.28. The Morgan fingerprint density at radius 3 is 3.00 bits per heavy atom. The molecule has 1 N–H and O–H groups in total. The Morgan fingerprint density at radius 1 is 1.31 bits per heavy atom. The number of aromatic nitrogens is 2. The minimum absolute atomic E-state index is 0.00246. The summed E-state index contributed by atoms with van der Waals surface area (Å²) in [5, 5.41) is 3.28. The van der Waals surface area contributed by atoms with Crippen molar-refractivity contribution in [2.24, 2.45) is 0 Å². The molecule has 170 valence electrons. The number of nitrogens with one attached hydrogen (secondary N) is 1. The van der Waals surface area contributed by atoms with Crippen LogP contribution in [0.25, 0.3) is 0 Å². The highest BCUT2D eigenvalue weighted by molar-refractivity contribution is 5.78. The van der Waals surface area contributed by atoms with Gasteiger partial charge in [0.25, 0.3) is 0 Å². The van der Waals surface area contributed by atoms with Crippen molar-refractivity contribution >= 4 is 23.3 Å². The first kappa shape index (κ1) is 22.2. The molecule has 0 spiro atoms. The van der Waals surface area contributed by atoms with Crippen LogP contribution in [-0.4, -0.2) is 77.6 Å². The van der Waals surface area contributed by atoms with E-state index in [2.05, 4.69) is 15.3 Å². The molecule has 2 fully saturated rings. The van der Waals surface area contributed by atoms with Crippen LogP contribution < -0.4 is 5.32 Å². The van der Waals surface area contributed by atoms with Gasteiger partial charge < -0.3 is 24.6 Å². The molecule has 9 heteroatoms. The topological polar surface area (TPSA) is 96.9 Å². The van der Waals surface area contributed by atoms with Crippen LogP contribution in [0.5, 0.6) is 0 Å². The summed E-state index contributed by atoms with van der Waals surface area (Å²) in [7, 11) is 0. The van der Waals surface area contributed by atoms with Crippen molar-refractivity contribution in [3.63, 3.8) is 0 Å². The van der Waals surface area contributed by atoms with Crippen molar-refractivity contribution in [2.45, 2.75) is 25.9 Å². The second-order valence-electron chi connectivity index (χ2n) is 8.00. The predicted molar refractivity (Wildman–Crippen MR) is 118 cm³/mol. The Hall–Kier alpha value is -3.04. The van der Waals surface area contributed by atoms with E-state index in [1.165, 1.54) is 0 Å². The first-order valence-electron chi connectivity index (χ1n) is 11.0. The van der Waals surface area contributed by atoms with Gasteiger partial charge in [-0.25, -0.2) is 4.98 Å². The number of amides is 2. The van der Waals surface area contributed by atoms with Crippen LogP contribution in [0.4, 0.5) is 11.5 Å². The SMILES string of the molecule is Cc1cc(Nc2ccccn2)cc([C@H]2CN(C(=O)COCCN3CCCC3=O)CCO2)n1. The monoisotopic (exact) mass is 439 g/mol. The zero-order chi connectivity index (χ0) is 22.3. The van der Waals surface area contributed by atoms with Crippen LogP contribution in [0.3, 0.4) is 0 Å². The second-order valence-corrected chi connectivity index (χ2v) is 8.00. The van der Waals surface area contributed by atoms with E-state index in [1.54, 1.807) is 16.0 Å². The van der Waals surface area contributed by atoms with E-state index in [0.717, 1.165) is 35.9 Å². The fourth-order valence-electron chi connectivity index (χ4n) is 3.94. The number of carbonyl (C=O) groups excluding carboxylic acids is 2. The molecule has 2 aliphatic rings. The van der Waals surface area contributed by atoms with E-state index >= 15 is 0 Å². The number of likely N-dealkylation sites (tertiary alicyclic amines) is 1. The lowest BCUT2D eigenvalue weighted by atomic mass is 10.1. The quantitative estimate of drug-likeness (QED) is 0.629. The van der Waals surface area contributed by atoms with E-state index in [4.69, 9.17) is 9.47 Å². The van der Waals surface area contributed by atoms with Crippen LogP contribution in [0, 0.1) is 6.92 Å². The first-order valence-corrected chi connectivity index (χ1v) is 11.0. The van der Waals surface area contributed by atoms with Crippen molar-refractivity contribution < 1.29 is 19.1 Å². The molecule has 2 saturated heterocycles. The van der Waals surface area contributed by atoms with Gasteiger partial charge in [0.2, 0.25) is 11.8 Å². The fraction of sp³-hybridized carbons (Fsp3) is 0.478. The van der Waals surface area contributed by atoms with Crippen LogP contribution >= 0.6 is 0 Å². The summed E-state index contributed by atoms with van der Waals surface area (Å²) >= 11 is 0. The molecular weight excluding hydrogens is 410 g/mol. The highest BCUT2D eigenvalue weighted by Crippen LogP contribution is 2.25. The summed E-state index contributed by atoms with van der Waals surface area (Å²) in [6.45, 7) is 5.00. The summed E-state index contributed by atoms with van der Waals surface area (Å²) in [5.41, 5.74) is 2.50. The first-order chi connectivity index (χ1) is 15.6. The second kappa shape index (κ2) is 10.5. The molecular formula is C23H29N5O4. The van der Waals surface area contributed by atoms with Crippen molar-refractivity contribution in [1.29, 1.82) is 0 Å². The molecule has 2 aromatic rings. The molecule has 2 aromatic heterocycles. The van der Waals surface area contributed by atoms with Crippen LogP contribution in [0.15, 0.2) is 36.5 Å². The minimum Gasteiger partial charge on any atom is -0.370 e. The van der Waals surface area contributed by atoms with Crippen LogP contribution in [0.2, 0.25) is 0 Å². The summed E-state index contributed by atoms with van der Waals surface area (Å²) in [6, 6.07) is 9.56. The van der Waals surface area contributed by atoms with E-state index < -0.39 is 0 Å². The van der Waals surface area contributed by atoms with Gasteiger partial charge in [-0.2, -0.15) is 0 Å². The molecule has 0 radical (unpaired) electrons. The van der Waals surface area contributed by atoms with Gasteiger partial charge in [0.1, 0.15) is 18.5 Å². The minimum atomic E-state index is -0.306. The Labute approximate surface area is 187 Å². The average Bonchev–Trinajstić information content (AvgIpc) is 3.21. The average molecular weight is 440 g/mol. The Balaban J connectivity index is 1.31. The number of hydrogen-bond donors (Lipinski definition) is 1. The van der Waals surface area contributed by atoms with E-state index in [0.29, 0.717) is 39.3 Å². The maximum atomic E-state index is 12.6. The third kappa shape index (κ3) is 5.80. The third-order valence-corrected chi connectivity index (χ3v) is 5.56. The zero-order valence-corrected chi connectivity index (χ0v) is 18.3. The van der Waals surface area contributed by atoms with Gasteiger partial charge >= 0.3 is 0 Å². The lowest BCUT2D eigenvalue weighted by Gasteiger charge is -2.33. The Morgan fingerprint density at radius 2 is 2.22 bits per heavy atom. The van der Waals surface area contributed by atoms with Crippen molar-refractivity contribution in [3.8, 4) is 0 Å². The number of aryl methyl sites for hydroxylation is 1. The Bertz CT molecular complexity index is 939. The van der Waals surface area contributed by atoms with Crippen LogP contribution in [0.1, 0.15) is 30.3 Å². The fourth-order valence-corrected chi connectivity index (χ4v) is 3.94. The summed E-state index contributed by atoms with van der Waals surface area (Å²) in [5.74, 6) is 0.835. The maximum Gasteiger partial charge on any atom is 0.248 e. The maximum absolute atomic E-state index is 12.6. The zero-order valence-electron chi connectivity index (χ0n) is 18.3. The standard InChI is InChI=1S/C23H29N5O4/c1-17-13-18(26-21-5-2-3-7-24-21)14-19(25-17)20-15-28(10-12-32-20)23(30)16-31-11-9-27-8-4-6-22(27)29/h2-3,5,7,13-14,20H,4,6,8-12,15-16H2,1H3,(H,24,25,26)/t20-/m1/s1. The van der Waals surface area contributed by atoms with Crippen molar-refractivity contribution in [1.82, 2.24) is 19.8 Å². The molecule has 0 bridgehead atoms. The number of ether oxygens (including phenoxy) is 2. The molecule has 4 heterocycles. The van der Waals surface area contributed by atoms with E-state index in [9.17, 15) is 9.59 Å². The van der Waals surface area contributed by atoms with Gasteiger partial charge in [-0.3, -0.25) is 14.6 Å². The molecule has 0 saturated carbocycles. The number of morpholine rings is 1. The van der Waals surface area contributed by atoms with Gasteiger partial charge in [0, 0.05) is 43.6 Å². The molecule has 1 atom stereocenters. The smallest absolute Gasteiger partial charge is 0.248 e. The lowest BCUT2D eigenvalue weighted by molar-refractivity contribution is -0.144. The van der Waals surface area contributed by atoms with Crippen molar-refractivity contribution in [2.75, 3.05) is 51.3 Å². The molecule has 0 aliphatic carbocycles. The molecule has 4 rings (SSSR count). The summed E-state index contributed by atoms with van der Waals surface area (Å²) in [4.78, 5) is 36.7. The van der Waals surface area contributed by atoms with E-state index in [1.807, 2.05) is 37.3 Å². The van der Waals surface area contributed by atoms with E-state index in [-0.39, 0.29) is 24.5 Å². The van der Waals surface area contributed by atoms with Crippen LogP contribution in [-0.2, 0) is 19.1 Å². The number of pyridine rings is 2. The van der Waals surface area contributed by atoms with Gasteiger partial charge in [-0.1, -0.05) is 6.07 Å². The van der Waals surface area contributed by atoms with Gasteiger partial charge in [-0.05, 0) is 37.6 Å². The third-order valence-electron chi connectivity index (χ3n) is 5.56. The highest BCUT2D eigenvalue weighted by Gasteiger charge is 2.27. The number of rotatable bonds is 8. The normalized spacial score (nSPS) is 18.8. The predicted octanol–water partition coefficient (Wildman–Crippen LogP) is 2.07. The number of anilines is 2. The van der Waals surface area contributed by atoms with Gasteiger partial charge in [0.05, 0.1) is 25.5 Å². The molecule has 2 aliphatic heterocycles. The van der Waals surface area contributed by atoms with Gasteiger partial charge in [-0.15, -0.1) is 0 Å². The highest BCUT2D eigenvalue weighted by atomic mass is 16.5. The van der Waals surface area contributed by atoms with Gasteiger partial charge in [0.15, 0.2) is 0 Å². The number of nitrogens with zero attached hydrogens (tertiary/aromatic N) is 4. The lowest BCUT2D eigenvalue weighted by Crippen LogP contribution is -2.44. The molecule has 9 nitrogen and oxygen atoms in total. The summed E-state index contributed by atoms with van der Waals surface area (Å²) < 4.78 is 11.5. The van der Waals surface area contributed by atoms with Crippen molar-refractivity contribution in [3.05, 3.63) is 47.9 Å². The largest absolute Gasteiger partial charge is 0.370 e. The molecule has 0 unspecified atom stereocenters. The molecule has 0 aromatic carbocycles. The summed E-state index contributed by atoms with van der Waals surface area (Å²) in [6.07, 6.45) is 2.94. The molecule has 2 amide bonds. The molecule has 32 heavy (non-hydrogen) atoms. The number of carbonyl (C=O) groups is 2. The number of hydrogen-bond acceptors (Lipinski definition) is 7.